The van der Waals surface area contributed by atoms with Gasteiger partial charge in [-0.25, -0.2) is 4.98 Å². The van der Waals surface area contributed by atoms with Crippen LogP contribution >= 0.6 is 0 Å². The Bertz CT molecular complexity index is 652. The minimum Gasteiger partial charge on any atom is -0.373 e. The first kappa shape index (κ1) is 15.0. The van der Waals surface area contributed by atoms with Gasteiger partial charge in [0, 0.05) is 36.4 Å². The van der Waals surface area contributed by atoms with E-state index in [0.29, 0.717) is 11.4 Å². The second-order valence-corrected chi connectivity index (χ2v) is 5.22. The predicted octanol–water partition coefficient (Wildman–Crippen LogP) is 3.20. The lowest BCUT2D eigenvalue weighted by atomic mass is 10.1. The first-order valence-electron chi connectivity index (χ1n) is 6.93. The predicted molar refractivity (Wildman–Crippen MR) is 84.8 cm³/mol. The number of anilines is 2. The van der Waals surface area contributed by atoms with E-state index in [0.717, 1.165) is 16.9 Å². The van der Waals surface area contributed by atoms with Gasteiger partial charge in [0.1, 0.15) is 5.82 Å². The molecule has 2 rings (SSSR count). The Hall–Kier alpha value is -2.43. The molecule has 0 aromatic carbocycles. The largest absolute Gasteiger partial charge is 0.373 e. The van der Waals surface area contributed by atoms with Gasteiger partial charge in [0.2, 0.25) is 0 Å². The molecule has 0 bridgehead atoms. The van der Waals surface area contributed by atoms with Crippen molar-refractivity contribution in [2.24, 2.45) is 0 Å². The van der Waals surface area contributed by atoms with E-state index < -0.39 is 0 Å². The molecule has 0 unspecified atom stereocenters. The van der Waals surface area contributed by atoms with Crippen LogP contribution in [0.5, 0.6) is 0 Å². The van der Waals surface area contributed by atoms with Gasteiger partial charge in [0.25, 0.3) is 5.91 Å². The van der Waals surface area contributed by atoms with E-state index >= 15 is 0 Å². The van der Waals surface area contributed by atoms with Crippen molar-refractivity contribution in [3.8, 4) is 0 Å². The Kier molecular flexibility index (Phi) is 4.52. The normalized spacial score (nSPS) is 10.5. The topological polar surface area (TPSA) is 66.9 Å². The minimum atomic E-state index is -0.148. The van der Waals surface area contributed by atoms with E-state index in [9.17, 15) is 4.79 Å². The van der Waals surface area contributed by atoms with E-state index in [-0.39, 0.29) is 11.8 Å². The molecule has 0 spiro atoms. The van der Waals surface area contributed by atoms with Gasteiger partial charge in [-0.3, -0.25) is 9.78 Å². The lowest BCUT2D eigenvalue weighted by Crippen LogP contribution is -2.14. The van der Waals surface area contributed by atoms with Crippen LogP contribution in [0.3, 0.4) is 0 Å². The average Bonchev–Trinajstić information content (AvgIpc) is 2.49. The zero-order valence-electron chi connectivity index (χ0n) is 12.8. The number of nitrogens with zero attached hydrogens (tertiary/aromatic N) is 2. The highest BCUT2D eigenvalue weighted by Gasteiger charge is 2.12. The first-order chi connectivity index (χ1) is 10.0. The number of aryl methyl sites for hydroxylation is 1. The molecule has 0 aliphatic rings. The number of rotatable bonds is 4. The van der Waals surface area contributed by atoms with Crippen LogP contribution in [0.4, 0.5) is 11.5 Å². The first-order valence-corrected chi connectivity index (χ1v) is 6.93. The lowest BCUT2D eigenvalue weighted by molar-refractivity contribution is 0.102. The molecule has 0 fully saturated rings. The Labute approximate surface area is 124 Å². The van der Waals surface area contributed by atoms with Crippen molar-refractivity contribution >= 4 is 17.4 Å². The van der Waals surface area contributed by atoms with Crippen molar-refractivity contribution < 1.29 is 4.79 Å². The van der Waals surface area contributed by atoms with Crippen molar-refractivity contribution in [2.45, 2.75) is 26.7 Å². The molecular weight excluding hydrogens is 264 g/mol. The molecular formula is C16H20N4O. The molecule has 0 aliphatic carbocycles. The molecule has 2 N–H and O–H groups in total. The summed E-state index contributed by atoms with van der Waals surface area (Å²) < 4.78 is 0. The summed E-state index contributed by atoms with van der Waals surface area (Å²) in [6.07, 6.45) is 3.38. The highest BCUT2D eigenvalue weighted by atomic mass is 16.1. The van der Waals surface area contributed by atoms with Crippen molar-refractivity contribution in [1.29, 1.82) is 0 Å². The third-order valence-corrected chi connectivity index (χ3v) is 3.22. The molecule has 21 heavy (non-hydrogen) atoms. The number of carbonyl (C=O) groups is 1. The fraction of sp³-hybridized carbons (Fsp3) is 0.312. The number of hydrogen-bond acceptors (Lipinski definition) is 4. The van der Waals surface area contributed by atoms with Crippen LogP contribution in [0.1, 0.15) is 41.4 Å². The second kappa shape index (κ2) is 6.35. The molecule has 0 radical (unpaired) electrons. The van der Waals surface area contributed by atoms with Crippen molar-refractivity contribution in [3.63, 3.8) is 0 Å². The fourth-order valence-electron chi connectivity index (χ4n) is 1.91. The number of carbonyl (C=O) groups excluding carboxylic acids is 1. The summed E-state index contributed by atoms with van der Waals surface area (Å²) in [5, 5.41) is 5.90. The maximum Gasteiger partial charge on any atom is 0.255 e. The van der Waals surface area contributed by atoms with Crippen LogP contribution in [0, 0.1) is 6.92 Å². The van der Waals surface area contributed by atoms with Gasteiger partial charge in [-0.2, -0.15) is 0 Å². The van der Waals surface area contributed by atoms with Gasteiger partial charge in [0.05, 0.1) is 0 Å². The fourth-order valence-corrected chi connectivity index (χ4v) is 1.91. The molecule has 2 aromatic rings. The second-order valence-electron chi connectivity index (χ2n) is 5.22. The van der Waals surface area contributed by atoms with Crippen LogP contribution in [0.25, 0.3) is 0 Å². The molecule has 110 valence electrons. The summed E-state index contributed by atoms with van der Waals surface area (Å²) in [4.78, 5) is 20.9. The summed E-state index contributed by atoms with van der Waals surface area (Å²) in [6.45, 7) is 6.01. The zero-order valence-corrected chi connectivity index (χ0v) is 12.8. The Morgan fingerprint density at radius 2 is 2.05 bits per heavy atom. The van der Waals surface area contributed by atoms with Crippen LogP contribution < -0.4 is 10.6 Å². The molecule has 0 atom stereocenters. The van der Waals surface area contributed by atoms with Gasteiger partial charge in [-0.15, -0.1) is 0 Å². The monoisotopic (exact) mass is 284 g/mol. The van der Waals surface area contributed by atoms with Gasteiger partial charge >= 0.3 is 0 Å². The Morgan fingerprint density at radius 1 is 1.29 bits per heavy atom. The third kappa shape index (κ3) is 3.56. The summed E-state index contributed by atoms with van der Waals surface area (Å²) in [5.74, 6) is 0.801. The van der Waals surface area contributed by atoms with Gasteiger partial charge < -0.3 is 10.6 Å². The van der Waals surface area contributed by atoms with E-state index in [1.54, 1.807) is 31.6 Å². The van der Waals surface area contributed by atoms with Crippen molar-refractivity contribution in [3.05, 3.63) is 47.4 Å². The SMILES string of the molecule is CNc1cc(C(=O)Nc2ccncc2C)cc(C(C)C)n1. The standard InChI is InChI=1S/C16H20N4O/c1-10(2)14-7-12(8-15(17-4)19-14)16(21)20-13-5-6-18-9-11(13)3/h5-10H,1-4H3,(H,17,19)(H,18,20,21). The maximum absolute atomic E-state index is 12.4. The van der Waals surface area contributed by atoms with E-state index in [1.807, 2.05) is 13.0 Å². The summed E-state index contributed by atoms with van der Waals surface area (Å²) in [6, 6.07) is 5.37. The number of nitrogens with one attached hydrogen (secondary N) is 2. The summed E-state index contributed by atoms with van der Waals surface area (Å²) >= 11 is 0. The third-order valence-electron chi connectivity index (χ3n) is 3.22. The van der Waals surface area contributed by atoms with E-state index in [1.165, 1.54) is 0 Å². The van der Waals surface area contributed by atoms with Crippen molar-refractivity contribution in [2.75, 3.05) is 17.7 Å². The number of amides is 1. The van der Waals surface area contributed by atoms with Gasteiger partial charge in [-0.1, -0.05) is 13.8 Å². The van der Waals surface area contributed by atoms with Crippen LogP contribution in [0.2, 0.25) is 0 Å². The summed E-state index contributed by atoms with van der Waals surface area (Å²) in [5.41, 5.74) is 3.18. The Balaban J connectivity index is 2.30. The number of aromatic nitrogens is 2. The smallest absolute Gasteiger partial charge is 0.255 e. The van der Waals surface area contributed by atoms with Crippen LogP contribution in [-0.2, 0) is 0 Å². The Morgan fingerprint density at radius 3 is 2.67 bits per heavy atom. The molecule has 2 aromatic heterocycles. The quantitative estimate of drug-likeness (QED) is 0.904. The zero-order chi connectivity index (χ0) is 15.4. The number of hydrogen-bond donors (Lipinski definition) is 2. The van der Waals surface area contributed by atoms with E-state index in [4.69, 9.17) is 0 Å². The van der Waals surface area contributed by atoms with Crippen LogP contribution in [0.15, 0.2) is 30.6 Å². The van der Waals surface area contributed by atoms with Gasteiger partial charge in [0.15, 0.2) is 0 Å². The summed E-state index contributed by atoms with van der Waals surface area (Å²) in [7, 11) is 1.79. The molecule has 0 saturated carbocycles. The van der Waals surface area contributed by atoms with Gasteiger partial charge in [-0.05, 0) is 36.6 Å². The average molecular weight is 284 g/mol. The highest BCUT2D eigenvalue weighted by Crippen LogP contribution is 2.19. The molecule has 5 heteroatoms. The highest BCUT2D eigenvalue weighted by molar-refractivity contribution is 6.05. The maximum atomic E-state index is 12.4. The van der Waals surface area contributed by atoms with Crippen molar-refractivity contribution in [1.82, 2.24) is 9.97 Å². The van der Waals surface area contributed by atoms with Crippen LogP contribution in [-0.4, -0.2) is 22.9 Å². The molecule has 2 heterocycles. The molecule has 1 amide bonds. The van der Waals surface area contributed by atoms with E-state index in [2.05, 4.69) is 34.4 Å². The minimum absolute atomic E-state index is 0.148. The molecule has 5 nitrogen and oxygen atoms in total. The molecule has 0 saturated heterocycles. The lowest BCUT2D eigenvalue weighted by Gasteiger charge is -2.12. The molecule has 0 aliphatic heterocycles. The number of pyridine rings is 2.